The highest BCUT2D eigenvalue weighted by atomic mass is 19.3. The molecule has 1 heterocycles. The fraction of sp³-hybridized carbons (Fsp3) is 0.438. The molecule has 1 aliphatic carbocycles. The van der Waals surface area contributed by atoms with Gasteiger partial charge in [-0.15, -0.1) is 0 Å². The molecular weight excluding hydrogens is 272 g/mol. The van der Waals surface area contributed by atoms with Gasteiger partial charge < -0.3 is 10.2 Å². The standard InChI is InChI=1S/C16H19F2N3/c1-21(10-15(17)18)16-14-5-3-2-4-13(14)11(9-20-16)8-19-12-6-7-12/h2-5,9,12,15,19H,6-8,10H2,1H3. The zero-order valence-electron chi connectivity index (χ0n) is 12.0. The van der Waals surface area contributed by atoms with E-state index in [1.165, 1.54) is 17.7 Å². The molecule has 3 rings (SSSR count). The number of fused-ring (bicyclic) bond motifs is 1. The van der Waals surface area contributed by atoms with Crippen molar-refractivity contribution in [3.63, 3.8) is 0 Å². The topological polar surface area (TPSA) is 28.2 Å². The molecular formula is C16H19F2N3. The molecule has 0 saturated heterocycles. The van der Waals surface area contributed by atoms with Crippen molar-refractivity contribution in [1.29, 1.82) is 0 Å². The van der Waals surface area contributed by atoms with Crippen LogP contribution >= 0.6 is 0 Å². The second-order valence-corrected chi connectivity index (χ2v) is 5.58. The van der Waals surface area contributed by atoms with E-state index in [0.29, 0.717) is 11.9 Å². The van der Waals surface area contributed by atoms with Gasteiger partial charge in [0.2, 0.25) is 0 Å². The van der Waals surface area contributed by atoms with Crippen molar-refractivity contribution in [3.05, 3.63) is 36.0 Å². The first-order valence-corrected chi connectivity index (χ1v) is 7.24. The van der Waals surface area contributed by atoms with Gasteiger partial charge in [-0.3, -0.25) is 0 Å². The fourth-order valence-electron chi connectivity index (χ4n) is 2.52. The normalized spacial score (nSPS) is 14.9. The second kappa shape index (κ2) is 5.93. The van der Waals surface area contributed by atoms with Gasteiger partial charge in [0, 0.05) is 31.2 Å². The molecule has 21 heavy (non-hydrogen) atoms. The van der Waals surface area contributed by atoms with Crippen LogP contribution in [0.1, 0.15) is 18.4 Å². The molecule has 1 aromatic carbocycles. The Kier molecular flexibility index (Phi) is 4.01. The summed E-state index contributed by atoms with van der Waals surface area (Å²) in [5, 5.41) is 5.48. The molecule has 112 valence electrons. The zero-order chi connectivity index (χ0) is 14.8. The third-order valence-corrected chi connectivity index (χ3v) is 3.79. The predicted octanol–water partition coefficient (Wildman–Crippen LogP) is 3.19. The van der Waals surface area contributed by atoms with Gasteiger partial charge in [0.25, 0.3) is 6.43 Å². The Morgan fingerprint density at radius 3 is 2.67 bits per heavy atom. The van der Waals surface area contributed by atoms with Crippen LogP contribution < -0.4 is 10.2 Å². The summed E-state index contributed by atoms with van der Waals surface area (Å²) in [7, 11) is 1.66. The van der Waals surface area contributed by atoms with E-state index in [9.17, 15) is 8.78 Å². The lowest BCUT2D eigenvalue weighted by Crippen LogP contribution is -2.25. The number of pyridine rings is 1. The lowest BCUT2D eigenvalue weighted by molar-refractivity contribution is 0.156. The molecule has 0 atom stereocenters. The molecule has 0 amide bonds. The van der Waals surface area contributed by atoms with E-state index >= 15 is 0 Å². The SMILES string of the molecule is CN(CC(F)F)c1ncc(CNC2CC2)c2ccccc12. The summed E-state index contributed by atoms with van der Waals surface area (Å²) in [6.07, 6.45) is 1.91. The third kappa shape index (κ3) is 3.29. The van der Waals surface area contributed by atoms with Crippen LogP contribution in [0.5, 0.6) is 0 Å². The summed E-state index contributed by atoms with van der Waals surface area (Å²) in [4.78, 5) is 5.93. The van der Waals surface area contributed by atoms with Crippen molar-refractivity contribution in [2.24, 2.45) is 0 Å². The van der Waals surface area contributed by atoms with Crippen molar-refractivity contribution in [2.45, 2.75) is 31.9 Å². The summed E-state index contributed by atoms with van der Waals surface area (Å²) in [5.74, 6) is 0.612. The summed E-state index contributed by atoms with van der Waals surface area (Å²) >= 11 is 0. The van der Waals surface area contributed by atoms with Gasteiger partial charge in [0.1, 0.15) is 5.82 Å². The molecule has 1 N–H and O–H groups in total. The van der Waals surface area contributed by atoms with Crippen LogP contribution in [0.2, 0.25) is 0 Å². The molecule has 5 heteroatoms. The van der Waals surface area contributed by atoms with Gasteiger partial charge in [-0.2, -0.15) is 0 Å². The van der Waals surface area contributed by atoms with Gasteiger partial charge in [0.05, 0.1) is 6.54 Å². The van der Waals surface area contributed by atoms with Crippen LogP contribution in [0.4, 0.5) is 14.6 Å². The predicted molar refractivity (Wildman–Crippen MR) is 80.9 cm³/mol. The highest BCUT2D eigenvalue weighted by Crippen LogP contribution is 2.28. The molecule has 1 saturated carbocycles. The quantitative estimate of drug-likeness (QED) is 0.886. The first-order chi connectivity index (χ1) is 10.1. The largest absolute Gasteiger partial charge is 0.353 e. The van der Waals surface area contributed by atoms with Crippen LogP contribution in [0.3, 0.4) is 0 Å². The number of halogens is 2. The number of aromatic nitrogens is 1. The number of nitrogens with one attached hydrogen (secondary N) is 1. The number of rotatable bonds is 6. The monoisotopic (exact) mass is 291 g/mol. The summed E-state index contributed by atoms with van der Waals surface area (Å²) in [6.45, 7) is 0.466. The molecule has 0 radical (unpaired) electrons. The Hall–Kier alpha value is -1.75. The Morgan fingerprint density at radius 2 is 2.00 bits per heavy atom. The lowest BCUT2D eigenvalue weighted by Gasteiger charge is -2.20. The maximum Gasteiger partial charge on any atom is 0.255 e. The smallest absolute Gasteiger partial charge is 0.255 e. The summed E-state index contributed by atoms with van der Waals surface area (Å²) < 4.78 is 25.2. The number of anilines is 1. The number of benzene rings is 1. The summed E-state index contributed by atoms with van der Waals surface area (Å²) in [5.41, 5.74) is 1.12. The highest BCUT2D eigenvalue weighted by Gasteiger charge is 2.21. The summed E-state index contributed by atoms with van der Waals surface area (Å²) in [6, 6.07) is 8.49. The van der Waals surface area contributed by atoms with Crippen molar-refractivity contribution in [2.75, 3.05) is 18.5 Å². The number of nitrogens with zero attached hydrogens (tertiary/aromatic N) is 2. The van der Waals surface area contributed by atoms with E-state index in [1.54, 1.807) is 13.2 Å². The first-order valence-electron chi connectivity index (χ1n) is 7.24. The molecule has 1 fully saturated rings. The number of alkyl halides is 2. The molecule has 0 unspecified atom stereocenters. The minimum absolute atomic E-state index is 0.309. The molecule has 0 spiro atoms. The zero-order valence-corrected chi connectivity index (χ0v) is 12.0. The van der Waals surface area contributed by atoms with Gasteiger partial charge in [-0.1, -0.05) is 24.3 Å². The Labute approximate surface area is 123 Å². The molecule has 2 aromatic rings. The van der Waals surface area contributed by atoms with Crippen LogP contribution in [-0.2, 0) is 6.54 Å². The van der Waals surface area contributed by atoms with Gasteiger partial charge in [-0.25, -0.2) is 13.8 Å². The van der Waals surface area contributed by atoms with Crippen molar-refractivity contribution in [3.8, 4) is 0 Å². The van der Waals surface area contributed by atoms with Gasteiger partial charge in [0.15, 0.2) is 0 Å². The Balaban J connectivity index is 1.93. The molecule has 1 aliphatic rings. The van der Waals surface area contributed by atoms with Crippen molar-refractivity contribution in [1.82, 2.24) is 10.3 Å². The highest BCUT2D eigenvalue weighted by molar-refractivity contribution is 5.94. The van der Waals surface area contributed by atoms with Crippen molar-refractivity contribution < 1.29 is 8.78 Å². The third-order valence-electron chi connectivity index (χ3n) is 3.79. The lowest BCUT2D eigenvalue weighted by atomic mass is 10.1. The van der Waals surface area contributed by atoms with Gasteiger partial charge >= 0.3 is 0 Å². The van der Waals surface area contributed by atoms with E-state index < -0.39 is 6.43 Å². The molecule has 0 bridgehead atoms. The van der Waals surface area contributed by atoms with Crippen LogP contribution in [0.25, 0.3) is 10.8 Å². The van der Waals surface area contributed by atoms with Crippen LogP contribution in [0, 0.1) is 0 Å². The molecule has 0 aliphatic heterocycles. The molecule has 1 aromatic heterocycles. The average Bonchev–Trinajstić information content (AvgIpc) is 3.28. The van der Waals surface area contributed by atoms with Crippen LogP contribution in [0.15, 0.2) is 30.5 Å². The molecule has 3 nitrogen and oxygen atoms in total. The van der Waals surface area contributed by atoms with E-state index in [1.807, 2.05) is 24.3 Å². The van der Waals surface area contributed by atoms with Crippen molar-refractivity contribution >= 4 is 16.6 Å². The fourth-order valence-corrected chi connectivity index (χ4v) is 2.52. The minimum atomic E-state index is -2.37. The first kappa shape index (κ1) is 14.2. The van der Waals surface area contributed by atoms with E-state index in [-0.39, 0.29) is 6.54 Å². The average molecular weight is 291 g/mol. The minimum Gasteiger partial charge on any atom is -0.353 e. The Morgan fingerprint density at radius 1 is 1.29 bits per heavy atom. The number of hydrogen-bond acceptors (Lipinski definition) is 3. The Bertz CT molecular complexity index is 626. The maximum atomic E-state index is 12.6. The number of hydrogen-bond donors (Lipinski definition) is 1. The van der Waals surface area contributed by atoms with E-state index in [0.717, 1.165) is 22.9 Å². The van der Waals surface area contributed by atoms with Gasteiger partial charge in [-0.05, 0) is 23.8 Å². The van der Waals surface area contributed by atoms with E-state index in [4.69, 9.17) is 0 Å². The van der Waals surface area contributed by atoms with E-state index in [2.05, 4.69) is 10.3 Å². The van der Waals surface area contributed by atoms with Crippen LogP contribution in [-0.4, -0.2) is 31.0 Å². The maximum absolute atomic E-state index is 12.6. The second-order valence-electron chi connectivity index (χ2n) is 5.58.